The van der Waals surface area contributed by atoms with Gasteiger partial charge in [-0.15, -0.1) is 10.2 Å². The summed E-state index contributed by atoms with van der Waals surface area (Å²) in [5.41, 5.74) is 0.949. The number of aromatic nitrogens is 2. The lowest BCUT2D eigenvalue weighted by Gasteiger charge is -1.95. The molecule has 0 bridgehead atoms. The van der Waals surface area contributed by atoms with Gasteiger partial charge in [0.2, 0.25) is 5.13 Å². The van der Waals surface area contributed by atoms with E-state index in [1.807, 2.05) is 16.8 Å². The number of anilines is 1. The minimum Gasteiger partial charge on any atom is -0.296 e. The molecule has 3 rings (SSSR count). The normalized spacial score (nSPS) is 10.5. The summed E-state index contributed by atoms with van der Waals surface area (Å²) in [5.74, 6) is -0.430. The zero-order valence-electron chi connectivity index (χ0n) is 10.2. The lowest BCUT2D eigenvalue weighted by atomic mass is 10.4. The number of nitro groups is 1. The number of nitrogens with zero attached hydrogens (tertiary/aromatic N) is 3. The second-order valence-electron chi connectivity index (χ2n) is 3.77. The largest absolute Gasteiger partial charge is 0.324 e. The molecule has 3 aromatic heterocycles. The number of amides is 1. The summed E-state index contributed by atoms with van der Waals surface area (Å²) < 4.78 is 0. The van der Waals surface area contributed by atoms with E-state index in [1.165, 1.54) is 23.5 Å². The Morgan fingerprint density at radius 2 is 2.10 bits per heavy atom. The van der Waals surface area contributed by atoms with Gasteiger partial charge in [-0.05, 0) is 17.5 Å². The van der Waals surface area contributed by atoms with Crippen molar-refractivity contribution in [2.45, 2.75) is 0 Å². The van der Waals surface area contributed by atoms with Crippen molar-refractivity contribution in [1.82, 2.24) is 10.2 Å². The number of carbonyl (C=O) groups is 1. The Labute approximate surface area is 130 Å². The molecule has 7 nitrogen and oxygen atoms in total. The molecule has 0 saturated carbocycles. The molecule has 10 heteroatoms. The molecular weight excluding hydrogens is 332 g/mol. The molecular formula is C11H6N4O3S3. The Kier molecular flexibility index (Phi) is 3.73. The monoisotopic (exact) mass is 338 g/mol. The Bertz CT molecular complexity index is 793. The standard InChI is InChI=1S/C11H6N4O3S3/c16-9(7-1-2-8(20-7)15(17)18)12-11-14-13-10(21-11)6-3-4-19-5-6/h1-5H,(H,12,14,16). The third-order valence-corrected chi connectivity index (χ3v) is 5.02. The van der Waals surface area contributed by atoms with E-state index in [-0.39, 0.29) is 9.88 Å². The van der Waals surface area contributed by atoms with E-state index in [0.29, 0.717) is 10.1 Å². The zero-order chi connectivity index (χ0) is 14.8. The molecule has 0 aromatic carbocycles. The van der Waals surface area contributed by atoms with Gasteiger partial charge < -0.3 is 0 Å². The SMILES string of the molecule is O=C(Nc1nnc(-c2ccsc2)s1)c1ccc([N+](=O)[O-])s1. The van der Waals surface area contributed by atoms with Crippen LogP contribution in [0.5, 0.6) is 0 Å². The van der Waals surface area contributed by atoms with Crippen LogP contribution >= 0.6 is 34.0 Å². The fourth-order valence-corrected chi connectivity index (χ4v) is 3.65. The molecule has 0 aliphatic rings. The molecule has 1 amide bonds. The molecule has 3 aromatic rings. The van der Waals surface area contributed by atoms with E-state index in [4.69, 9.17) is 0 Å². The van der Waals surface area contributed by atoms with E-state index < -0.39 is 10.8 Å². The van der Waals surface area contributed by atoms with Crippen LogP contribution < -0.4 is 5.32 Å². The molecule has 0 aliphatic heterocycles. The first-order chi connectivity index (χ1) is 10.1. The minimum atomic E-state index is -0.527. The van der Waals surface area contributed by atoms with Crippen LogP contribution in [0.15, 0.2) is 29.0 Å². The summed E-state index contributed by atoms with van der Waals surface area (Å²) >= 11 is 3.62. The molecule has 0 radical (unpaired) electrons. The number of thiophene rings is 2. The van der Waals surface area contributed by atoms with Crippen molar-refractivity contribution in [2.24, 2.45) is 0 Å². The maximum absolute atomic E-state index is 12.0. The molecule has 106 valence electrons. The Hall–Kier alpha value is -2.17. The smallest absolute Gasteiger partial charge is 0.296 e. The van der Waals surface area contributed by atoms with Gasteiger partial charge in [-0.25, -0.2) is 0 Å². The summed E-state index contributed by atoms with van der Waals surface area (Å²) in [6.45, 7) is 0. The van der Waals surface area contributed by atoms with Gasteiger partial charge in [0.05, 0.1) is 9.80 Å². The topological polar surface area (TPSA) is 98.0 Å². The molecule has 21 heavy (non-hydrogen) atoms. The second-order valence-corrected chi connectivity index (χ2v) is 6.59. The quantitative estimate of drug-likeness (QED) is 0.580. The number of hydrogen-bond donors (Lipinski definition) is 1. The zero-order valence-corrected chi connectivity index (χ0v) is 12.6. The molecule has 3 heterocycles. The van der Waals surface area contributed by atoms with Crippen LogP contribution in [0, 0.1) is 10.1 Å². The van der Waals surface area contributed by atoms with Crippen molar-refractivity contribution in [2.75, 3.05) is 5.32 Å². The van der Waals surface area contributed by atoms with Gasteiger partial charge in [0.15, 0.2) is 0 Å². The van der Waals surface area contributed by atoms with Gasteiger partial charge >= 0.3 is 5.00 Å². The first-order valence-electron chi connectivity index (χ1n) is 5.55. The van der Waals surface area contributed by atoms with Gasteiger partial charge in [-0.3, -0.25) is 20.2 Å². The maximum Gasteiger partial charge on any atom is 0.324 e. The van der Waals surface area contributed by atoms with Crippen LogP contribution in [0.2, 0.25) is 0 Å². The van der Waals surface area contributed by atoms with Crippen molar-refractivity contribution in [1.29, 1.82) is 0 Å². The number of nitrogens with one attached hydrogen (secondary N) is 1. The van der Waals surface area contributed by atoms with Gasteiger partial charge in [0, 0.05) is 17.0 Å². The summed E-state index contributed by atoms with van der Waals surface area (Å²) in [5, 5.41) is 25.9. The molecule has 0 aliphatic carbocycles. The molecule has 1 N–H and O–H groups in total. The third-order valence-electron chi connectivity index (χ3n) is 2.41. The van der Waals surface area contributed by atoms with E-state index in [2.05, 4.69) is 15.5 Å². The van der Waals surface area contributed by atoms with E-state index in [9.17, 15) is 14.9 Å². The highest BCUT2D eigenvalue weighted by molar-refractivity contribution is 7.19. The first kappa shape index (κ1) is 13.8. The van der Waals surface area contributed by atoms with Gasteiger partial charge in [-0.1, -0.05) is 22.7 Å². The Morgan fingerprint density at radius 3 is 2.76 bits per heavy atom. The van der Waals surface area contributed by atoms with Crippen LogP contribution in [0.25, 0.3) is 10.6 Å². The molecule has 0 fully saturated rings. The Morgan fingerprint density at radius 1 is 1.24 bits per heavy atom. The van der Waals surface area contributed by atoms with E-state index >= 15 is 0 Å². The molecule has 0 unspecified atom stereocenters. The van der Waals surface area contributed by atoms with Crippen molar-refractivity contribution < 1.29 is 9.72 Å². The van der Waals surface area contributed by atoms with Gasteiger partial charge in [0.1, 0.15) is 5.01 Å². The van der Waals surface area contributed by atoms with Crippen LogP contribution in [-0.4, -0.2) is 21.0 Å². The van der Waals surface area contributed by atoms with Crippen LogP contribution in [0.4, 0.5) is 10.1 Å². The highest BCUT2D eigenvalue weighted by atomic mass is 32.1. The average Bonchev–Trinajstić information content (AvgIpc) is 3.19. The van der Waals surface area contributed by atoms with Gasteiger partial charge in [-0.2, -0.15) is 11.3 Å². The number of hydrogen-bond acceptors (Lipinski definition) is 8. The highest BCUT2D eigenvalue weighted by Crippen LogP contribution is 2.29. The van der Waals surface area contributed by atoms with E-state index in [0.717, 1.165) is 16.9 Å². The molecule has 0 saturated heterocycles. The fourth-order valence-electron chi connectivity index (χ4n) is 1.48. The predicted octanol–water partition coefficient (Wildman–Crippen LogP) is 3.49. The second kappa shape index (κ2) is 5.68. The van der Waals surface area contributed by atoms with Crippen molar-refractivity contribution in [3.05, 3.63) is 44.0 Å². The maximum atomic E-state index is 12.0. The van der Waals surface area contributed by atoms with Crippen LogP contribution in [-0.2, 0) is 0 Å². The number of rotatable bonds is 4. The van der Waals surface area contributed by atoms with E-state index in [1.54, 1.807) is 11.3 Å². The first-order valence-corrected chi connectivity index (χ1v) is 8.13. The Balaban J connectivity index is 1.74. The lowest BCUT2D eigenvalue weighted by molar-refractivity contribution is -0.380. The summed E-state index contributed by atoms with van der Waals surface area (Å²) in [6.07, 6.45) is 0. The van der Waals surface area contributed by atoms with Crippen LogP contribution in [0.1, 0.15) is 9.67 Å². The number of carbonyl (C=O) groups excluding carboxylic acids is 1. The van der Waals surface area contributed by atoms with Gasteiger partial charge in [0.25, 0.3) is 5.91 Å². The fraction of sp³-hybridized carbons (Fsp3) is 0. The average molecular weight is 338 g/mol. The minimum absolute atomic E-state index is 0.0728. The molecule has 0 spiro atoms. The molecule has 0 atom stereocenters. The van der Waals surface area contributed by atoms with Crippen molar-refractivity contribution >= 4 is 50.1 Å². The van der Waals surface area contributed by atoms with Crippen molar-refractivity contribution in [3.8, 4) is 10.6 Å². The van der Waals surface area contributed by atoms with Crippen molar-refractivity contribution in [3.63, 3.8) is 0 Å². The summed E-state index contributed by atoms with van der Waals surface area (Å²) in [4.78, 5) is 22.3. The van der Waals surface area contributed by atoms with Crippen LogP contribution in [0.3, 0.4) is 0 Å². The highest BCUT2D eigenvalue weighted by Gasteiger charge is 2.17. The summed E-state index contributed by atoms with van der Waals surface area (Å²) in [7, 11) is 0. The lowest BCUT2D eigenvalue weighted by Crippen LogP contribution is -2.09. The predicted molar refractivity (Wildman–Crippen MR) is 82.1 cm³/mol. The summed E-state index contributed by atoms with van der Waals surface area (Å²) in [6, 6.07) is 4.63. The third kappa shape index (κ3) is 2.96.